The minimum Gasteiger partial charge on any atom is -0.481 e. The third kappa shape index (κ3) is 3.79. The van der Waals surface area contributed by atoms with Crippen molar-refractivity contribution in [3.8, 4) is 0 Å². The Kier molecular flexibility index (Phi) is 5.57. The van der Waals surface area contributed by atoms with E-state index in [1.165, 1.54) is 15.9 Å². The number of halogens is 5. The van der Waals surface area contributed by atoms with E-state index in [0.717, 1.165) is 6.92 Å². The molecule has 2 unspecified atom stereocenters. The first-order valence-electron chi connectivity index (χ1n) is 4.85. The number of hydrogen-bond donors (Lipinski definition) is 3. The highest BCUT2D eigenvalue weighted by atomic mass is 79.9. The van der Waals surface area contributed by atoms with Crippen molar-refractivity contribution < 1.29 is 37.7 Å². The Hall–Kier alpha value is -0.410. The average molecular weight is 341 g/mol. The molecule has 0 bridgehead atoms. The Balaban J connectivity index is 4.70. The second-order valence-electron chi connectivity index (χ2n) is 4.14. The number of hydrogen-bond acceptors (Lipinski definition) is 3. The maximum Gasteiger partial charge on any atom is 0.363 e. The lowest BCUT2D eigenvalue weighted by Crippen LogP contribution is -2.44. The van der Waals surface area contributed by atoms with Gasteiger partial charge >= 0.3 is 16.7 Å². The molecule has 0 aromatic rings. The van der Waals surface area contributed by atoms with Gasteiger partial charge in [0.05, 0.1) is 12.7 Å². The van der Waals surface area contributed by atoms with Crippen molar-refractivity contribution >= 4 is 21.9 Å². The normalized spacial score (nSPS) is 18.2. The number of aliphatic hydroxyl groups is 2. The molecule has 0 saturated carbocycles. The minimum absolute atomic E-state index is 0.891. The van der Waals surface area contributed by atoms with E-state index in [0.29, 0.717) is 0 Å². The second-order valence-corrected chi connectivity index (χ2v) is 5.13. The molecule has 0 rings (SSSR count). The zero-order valence-corrected chi connectivity index (χ0v) is 10.9. The number of rotatable bonds is 7. The van der Waals surface area contributed by atoms with Gasteiger partial charge in [0.25, 0.3) is 0 Å². The van der Waals surface area contributed by atoms with E-state index in [1.807, 2.05) is 0 Å². The van der Waals surface area contributed by atoms with Crippen molar-refractivity contribution in [3.63, 3.8) is 0 Å². The molecular weight excluding hydrogens is 328 g/mol. The lowest BCUT2D eigenvalue weighted by molar-refractivity contribution is -0.168. The first-order chi connectivity index (χ1) is 7.88. The van der Waals surface area contributed by atoms with E-state index < -0.39 is 47.7 Å². The fourth-order valence-electron chi connectivity index (χ4n) is 1.09. The van der Waals surface area contributed by atoms with Crippen LogP contribution in [0.5, 0.6) is 0 Å². The van der Waals surface area contributed by atoms with Gasteiger partial charge in [-0.2, -0.15) is 17.6 Å². The molecule has 0 fully saturated rings. The molecule has 0 radical (unpaired) electrons. The van der Waals surface area contributed by atoms with Crippen molar-refractivity contribution in [2.24, 2.45) is 5.41 Å². The van der Waals surface area contributed by atoms with Crippen LogP contribution in [0.3, 0.4) is 0 Å². The summed E-state index contributed by atoms with van der Waals surface area (Å²) in [5, 5.41) is 27.0. The molecule has 0 saturated heterocycles. The summed E-state index contributed by atoms with van der Waals surface area (Å²) in [5.74, 6) is -6.03. The number of aliphatic hydroxyl groups excluding tert-OH is 2. The highest BCUT2D eigenvalue weighted by molar-refractivity contribution is 9.10. The van der Waals surface area contributed by atoms with Crippen molar-refractivity contribution in [1.29, 1.82) is 0 Å². The molecule has 4 nitrogen and oxygen atoms in total. The van der Waals surface area contributed by atoms with Gasteiger partial charge in [-0.05, 0) is 29.3 Å². The maximum absolute atomic E-state index is 12.9. The zero-order chi connectivity index (χ0) is 14.8. The van der Waals surface area contributed by atoms with Crippen molar-refractivity contribution in [1.82, 2.24) is 0 Å². The third-order valence-corrected chi connectivity index (χ3v) is 3.28. The molecule has 0 aliphatic heterocycles. The molecule has 0 spiro atoms. The first kappa shape index (κ1) is 17.6. The summed E-state index contributed by atoms with van der Waals surface area (Å²) >= 11 is 1.52. The molecule has 3 N–H and O–H groups in total. The SMILES string of the molecule is CC(CO)(C(=O)O)C(O)CCC(F)(F)C(F)(F)Br. The summed E-state index contributed by atoms with van der Waals surface area (Å²) in [5.41, 5.74) is -2.07. The van der Waals surface area contributed by atoms with Gasteiger partial charge in [-0.25, -0.2) is 0 Å². The fourth-order valence-corrected chi connectivity index (χ4v) is 1.29. The molecule has 0 amide bonds. The molecular formula is C9H13BrF4O4. The number of carbonyl (C=O) groups is 1. The molecule has 2 atom stereocenters. The number of carboxylic acid groups (broad SMARTS) is 1. The molecule has 0 aromatic heterocycles. The van der Waals surface area contributed by atoms with Crippen molar-refractivity contribution in [2.45, 2.75) is 36.6 Å². The van der Waals surface area contributed by atoms with E-state index in [4.69, 9.17) is 10.2 Å². The van der Waals surface area contributed by atoms with E-state index in [-0.39, 0.29) is 0 Å². The molecule has 18 heavy (non-hydrogen) atoms. The average Bonchev–Trinajstić information content (AvgIpc) is 2.22. The Morgan fingerprint density at radius 1 is 1.33 bits per heavy atom. The summed E-state index contributed by atoms with van der Waals surface area (Å²) in [4.78, 5) is 6.30. The molecule has 0 heterocycles. The fraction of sp³-hybridized carbons (Fsp3) is 0.889. The van der Waals surface area contributed by atoms with Crippen LogP contribution in [0.1, 0.15) is 19.8 Å². The van der Waals surface area contributed by atoms with Gasteiger partial charge in [0.2, 0.25) is 0 Å². The molecule has 9 heteroatoms. The van der Waals surface area contributed by atoms with Crippen LogP contribution in [0.15, 0.2) is 0 Å². The predicted molar refractivity (Wildman–Crippen MR) is 56.9 cm³/mol. The largest absolute Gasteiger partial charge is 0.481 e. The standard InChI is InChI=1S/C9H13BrF4O4/c1-7(4-15,6(17)18)5(16)2-3-8(11,12)9(10,13)14/h5,15-16H,2-4H2,1H3,(H,17,18). The summed E-state index contributed by atoms with van der Waals surface area (Å²) in [6.07, 6.45) is -4.19. The van der Waals surface area contributed by atoms with Crippen molar-refractivity contribution in [3.05, 3.63) is 0 Å². The number of alkyl halides is 5. The van der Waals surface area contributed by atoms with E-state index >= 15 is 0 Å². The van der Waals surface area contributed by atoms with E-state index in [1.54, 1.807) is 0 Å². The molecule has 0 aliphatic carbocycles. The van der Waals surface area contributed by atoms with Crippen LogP contribution < -0.4 is 0 Å². The Morgan fingerprint density at radius 3 is 2.06 bits per heavy atom. The summed E-state index contributed by atoms with van der Waals surface area (Å²) in [7, 11) is 0. The van der Waals surface area contributed by atoms with E-state index in [2.05, 4.69) is 0 Å². The van der Waals surface area contributed by atoms with Crippen LogP contribution in [0, 0.1) is 5.41 Å². The summed E-state index contributed by atoms with van der Waals surface area (Å²) in [6.45, 7) is -0.0653. The quantitative estimate of drug-likeness (QED) is 0.488. The van der Waals surface area contributed by atoms with Crippen LogP contribution in [0.25, 0.3) is 0 Å². The lowest BCUT2D eigenvalue weighted by atomic mass is 9.82. The zero-order valence-electron chi connectivity index (χ0n) is 9.34. The highest BCUT2D eigenvalue weighted by Crippen LogP contribution is 2.43. The van der Waals surface area contributed by atoms with Crippen molar-refractivity contribution in [2.75, 3.05) is 6.61 Å². The van der Waals surface area contributed by atoms with Gasteiger partial charge in [-0.1, -0.05) is 0 Å². The highest BCUT2D eigenvalue weighted by Gasteiger charge is 2.54. The number of carboxylic acids is 1. The van der Waals surface area contributed by atoms with Crippen LogP contribution in [-0.4, -0.2) is 44.8 Å². The van der Waals surface area contributed by atoms with Gasteiger partial charge < -0.3 is 15.3 Å². The van der Waals surface area contributed by atoms with Gasteiger partial charge in [-0.15, -0.1) is 0 Å². The van der Waals surface area contributed by atoms with E-state index in [9.17, 15) is 27.5 Å². The number of aliphatic carboxylic acids is 1. The molecule has 0 aromatic carbocycles. The Bertz CT molecular complexity index is 307. The lowest BCUT2D eigenvalue weighted by Gasteiger charge is -2.30. The predicted octanol–water partition coefficient (Wildman–Crippen LogP) is 1.83. The monoisotopic (exact) mass is 340 g/mol. The Morgan fingerprint density at radius 2 is 1.78 bits per heavy atom. The van der Waals surface area contributed by atoms with Gasteiger partial charge in [-0.3, -0.25) is 4.79 Å². The first-order valence-corrected chi connectivity index (χ1v) is 5.64. The summed E-state index contributed by atoms with van der Waals surface area (Å²) in [6, 6.07) is 0. The molecule has 0 aliphatic rings. The Labute approximate surface area is 109 Å². The van der Waals surface area contributed by atoms with Gasteiger partial charge in [0.15, 0.2) is 0 Å². The topological polar surface area (TPSA) is 77.8 Å². The van der Waals surface area contributed by atoms with Crippen LogP contribution >= 0.6 is 15.9 Å². The van der Waals surface area contributed by atoms with Gasteiger partial charge in [0, 0.05) is 6.42 Å². The smallest absolute Gasteiger partial charge is 0.363 e. The third-order valence-electron chi connectivity index (χ3n) is 2.70. The summed E-state index contributed by atoms with van der Waals surface area (Å²) < 4.78 is 50.5. The molecule has 108 valence electrons. The van der Waals surface area contributed by atoms with Crippen LogP contribution in [-0.2, 0) is 4.79 Å². The minimum atomic E-state index is -4.45. The second kappa shape index (κ2) is 5.70. The van der Waals surface area contributed by atoms with Crippen LogP contribution in [0.4, 0.5) is 17.6 Å². The van der Waals surface area contributed by atoms with Gasteiger partial charge in [0.1, 0.15) is 5.41 Å². The van der Waals surface area contributed by atoms with Crippen LogP contribution in [0.2, 0.25) is 0 Å². The maximum atomic E-state index is 12.9.